The lowest BCUT2D eigenvalue weighted by Crippen LogP contribution is -3.16. The van der Waals surface area contributed by atoms with Crippen molar-refractivity contribution < 1.29 is 18.1 Å². The van der Waals surface area contributed by atoms with Gasteiger partial charge in [0.2, 0.25) is 10.0 Å². The summed E-state index contributed by atoms with van der Waals surface area (Å²) in [5.41, 5.74) is 0.964. The van der Waals surface area contributed by atoms with Crippen LogP contribution in [0.5, 0.6) is 0 Å². The number of nitrogens with zero attached hydrogens (tertiary/aromatic N) is 2. The quantitative estimate of drug-likeness (QED) is 0.729. The molecule has 8 heteroatoms. The lowest BCUT2D eigenvalue weighted by molar-refractivity contribution is -0.895. The molecule has 2 fully saturated rings. The van der Waals surface area contributed by atoms with Gasteiger partial charge in [-0.1, -0.05) is 12.1 Å². The lowest BCUT2D eigenvalue weighted by atomic mass is 10.00. The van der Waals surface area contributed by atoms with Crippen LogP contribution in [0.1, 0.15) is 36.8 Å². The third kappa shape index (κ3) is 4.37. The monoisotopic (exact) mass is 405 g/mol. The van der Waals surface area contributed by atoms with Gasteiger partial charge in [-0.15, -0.1) is 0 Å². The zero-order valence-corrected chi connectivity index (χ0v) is 17.4. The molecule has 0 aromatic heterocycles. The summed E-state index contributed by atoms with van der Waals surface area (Å²) in [6.07, 6.45) is 3.37. The normalized spacial score (nSPS) is 20.6. The number of aryl methyl sites for hydroxylation is 2. The first-order chi connectivity index (χ1) is 13.3. The second kappa shape index (κ2) is 8.19. The van der Waals surface area contributed by atoms with Crippen molar-refractivity contribution in [3.63, 3.8) is 0 Å². The smallest absolute Gasteiger partial charge is 0.276 e. The van der Waals surface area contributed by atoms with Crippen LogP contribution in [0.4, 0.5) is 0 Å². The summed E-state index contributed by atoms with van der Waals surface area (Å²) >= 11 is 0. The number of carbonyl (C=O) groups is 1. The maximum Gasteiger partial charge on any atom is 0.276 e. The zero-order valence-electron chi connectivity index (χ0n) is 16.6. The van der Waals surface area contributed by atoms with Crippen molar-refractivity contribution >= 4 is 15.9 Å². The Balaban J connectivity index is 1.58. The highest BCUT2D eigenvalue weighted by atomic mass is 32.2. The molecule has 3 rings (SSSR count). The van der Waals surface area contributed by atoms with Crippen molar-refractivity contribution in [3.8, 4) is 6.07 Å². The van der Waals surface area contributed by atoms with E-state index in [1.807, 2.05) is 26.0 Å². The largest absolute Gasteiger partial charge is 0.333 e. The summed E-state index contributed by atoms with van der Waals surface area (Å²) in [7, 11) is -3.52. The average Bonchev–Trinajstić information content (AvgIpc) is 3.13. The Morgan fingerprint density at radius 2 is 1.89 bits per heavy atom. The Hall–Kier alpha value is -1.95. The van der Waals surface area contributed by atoms with Crippen molar-refractivity contribution in [2.45, 2.75) is 50.0 Å². The van der Waals surface area contributed by atoms with E-state index in [-0.39, 0.29) is 12.5 Å². The molecule has 0 spiro atoms. The predicted molar refractivity (Wildman–Crippen MR) is 105 cm³/mol. The molecular formula is C20H29N4O3S+. The molecule has 152 valence electrons. The standard InChI is InChI=1S/C20H28N4O3S/c1-16-5-6-17(2)18(13-16)28(26,27)24-11-9-23(10-12-24)14-19(25)22-20(15-21)7-3-4-8-20/h5-6,13H,3-4,7-12,14H2,1-2H3,(H,22,25)/p+1. The van der Waals surface area contributed by atoms with E-state index in [1.165, 1.54) is 4.31 Å². The summed E-state index contributed by atoms with van der Waals surface area (Å²) in [4.78, 5) is 13.8. The van der Waals surface area contributed by atoms with Crippen LogP contribution in [-0.2, 0) is 14.8 Å². The minimum absolute atomic E-state index is 0.121. The second-order valence-electron chi connectivity index (χ2n) is 8.05. The Morgan fingerprint density at radius 3 is 2.50 bits per heavy atom. The Morgan fingerprint density at radius 1 is 1.25 bits per heavy atom. The molecule has 0 unspecified atom stereocenters. The third-order valence-corrected chi connectivity index (χ3v) is 7.89. The SMILES string of the molecule is Cc1ccc(C)c(S(=O)(=O)N2CC[NH+](CC(=O)NC3(C#N)CCCC3)CC2)c1. The highest BCUT2D eigenvalue weighted by Gasteiger charge is 2.37. The van der Waals surface area contributed by atoms with Gasteiger partial charge in [-0.3, -0.25) is 4.79 Å². The fourth-order valence-electron chi connectivity index (χ4n) is 4.13. The van der Waals surface area contributed by atoms with Gasteiger partial charge < -0.3 is 10.2 Å². The van der Waals surface area contributed by atoms with Gasteiger partial charge in [-0.25, -0.2) is 8.42 Å². The van der Waals surface area contributed by atoms with Gasteiger partial charge in [0.15, 0.2) is 6.54 Å². The predicted octanol–water partition coefficient (Wildman–Crippen LogP) is 0.145. The van der Waals surface area contributed by atoms with Gasteiger partial charge in [0.1, 0.15) is 5.54 Å². The van der Waals surface area contributed by atoms with E-state index >= 15 is 0 Å². The number of hydrogen-bond acceptors (Lipinski definition) is 4. The van der Waals surface area contributed by atoms with Crippen molar-refractivity contribution in [2.24, 2.45) is 0 Å². The van der Waals surface area contributed by atoms with E-state index in [9.17, 15) is 18.5 Å². The molecule has 2 N–H and O–H groups in total. The molecule has 0 radical (unpaired) electrons. The number of quaternary nitrogens is 1. The molecule has 1 aliphatic heterocycles. The van der Waals surface area contributed by atoms with Crippen LogP contribution in [-0.4, -0.2) is 56.9 Å². The Bertz CT molecular complexity index is 877. The first-order valence-electron chi connectivity index (χ1n) is 9.89. The van der Waals surface area contributed by atoms with E-state index in [0.717, 1.165) is 28.9 Å². The van der Waals surface area contributed by atoms with Crippen molar-refractivity contribution in [1.29, 1.82) is 5.26 Å². The van der Waals surface area contributed by atoms with E-state index in [2.05, 4.69) is 11.4 Å². The molecule has 1 heterocycles. The van der Waals surface area contributed by atoms with E-state index in [4.69, 9.17) is 0 Å². The maximum atomic E-state index is 13.0. The molecule has 7 nitrogen and oxygen atoms in total. The fourth-order valence-corrected chi connectivity index (χ4v) is 5.88. The molecule has 1 aromatic carbocycles. The van der Waals surface area contributed by atoms with Gasteiger partial charge in [-0.2, -0.15) is 9.57 Å². The third-order valence-electron chi connectivity index (χ3n) is 5.85. The van der Waals surface area contributed by atoms with Crippen LogP contribution in [0, 0.1) is 25.2 Å². The maximum absolute atomic E-state index is 13.0. The number of benzene rings is 1. The zero-order chi connectivity index (χ0) is 20.4. The molecule has 1 saturated heterocycles. The molecule has 1 saturated carbocycles. The van der Waals surface area contributed by atoms with Gasteiger partial charge in [0, 0.05) is 0 Å². The number of hydrogen-bond donors (Lipinski definition) is 2. The molecule has 2 aliphatic rings. The number of rotatable bonds is 5. The summed E-state index contributed by atoms with van der Waals surface area (Å²) < 4.78 is 27.5. The molecule has 0 atom stereocenters. The number of sulfonamides is 1. The number of nitriles is 1. The highest BCUT2D eigenvalue weighted by molar-refractivity contribution is 7.89. The molecule has 0 bridgehead atoms. The lowest BCUT2D eigenvalue weighted by Gasteiger charge is -2.32. The van der Waals surface area contributed by atoms with Crippen LogP contribution in [0.3, 0.4) is 0 Å². The molecule has 1 aliphatic carbocycles. The number of piperazine rings is 1. The van der Waals surface area contributed by atoms with Crippen LogP contribution in [0.25, 0.3) is 0 Å². The summed E-state index contributed by atoms with van der Waals surface area (Å²) in [5, 5.41) is 12.3. The van der Waals surface area contributed by atoms with E-state index in [0.29, 0.717) is 43.9 Å². The van der Waals surface area contributed by atoms with E-state index in [1.54, 1.807) is 6.07 Å². The average molecular weight is 406 g/mol. The Kier molecular flexibility index (Phi) is 6.08. The van der Waals surface area contributed by atoms with Gasteiger partial charge in [0.05, 0.1) is 37.1 Å². The minimum Gasteiger partial charge on any atom is -0.333 e. The molecular weight excluding hydrogens is 376 g/mol. The molecule has 1 amide bonds. The number of nitrogens with one attached hydrogen (secondary N) is 2. The van der Waals surface area contributed by atoms with Crippen molar-refractivity contribution in [1.82, 2.24) is 9.62 Å². The molecule has 28 heavy (non-hydrogen) atoms. The molecule has 1 aromatic rings. The first kappa shape index (κ1) is 20.8. The van der Waals surface area contributed by atoms with Crippen LogP contribution < -0.4 is 10.2 Å². The van der Waals surface area contributed by atoms with Gasteiger partial charge in [0.25, 0.3) is 5.91 Å². The topological polar surface area (TPSA) is 94.7 Å². The summed E-state index contributed by atoms with van der Waals surface area (Å²) in [6, 6.07) is 7.74. The van der Waals surface area contributed by atoms with Crippen LogP contribution >= 0.6 is 0 Å². The van der Waals surface area contributed by atoms with Crippen molar-refractivity contribution in [3.05, 3.63) is 29.3 Å². The first-order valence-corrected chi connectivity index (χ1v) is 11.3. The van der Waals surface area contributed by atoms with E-state index < -0.39 is 15.6 Å². The summed E-state index contributed by atoms with van der Waals surface area (Å²) in [6.45, 7) is 5.92. The number of amides is 1. The van der Waals surface area contributed by atoms with Crippen LogP contribution in [0.2, 0.25) is 0 Å². The fraction of sp³-hybridized carbons (Fsp3) is 0.600. The van der Waals surface area contributed by atoms with Gasteiger partial charge in [-0.05, 0) is 56.7 Å². The highest BCUT2D eigenvalue weighted by Crippen LogP contribution is 2.28. The van der Waals surface area contributed by atoms with Gasteiger partial charge >= 0.3 is 0 Å². The minimum atomic E-state index is -3.52. The van der Waals surface area contributed by atoms with Crippen LogP contribution in [0.15, 0.2) is 23.1 Å². The summed E-state index contributed by atoms with van der Waals surface area (Å²) in [5.74, 6) is -0.121. The second-order valence-corrected chi connectivity index (χ2v) is 9.96. The number of carbonyl (C=O) groups excluding carboxylic acids is 1. The Labute approximate surface area is 167 Å². The van der Waals surface area contributed by atoms with Crippen molar-refractivity contribution in [2.75, 3.05) is 32.7 Å².